The van der Waals surface area contributed by atoms with Crippen LogP contribution in [0.2, 0.25) is 5.02 Å². The molecule has 3 rings (SSSR count). The zero-order valence-corrected chi connectivity index (χ0v) is 15.3. The van der Waals surface area contributed by atoms with Crippen LogP contribution in [0.3, 0.4) is 0 Å². The fourth-order valence-corrected chi connectivity index (χ4v) is 3.97. The smallest absolute Gasteiger partial charge is 0.407 e. The van der Waals surface area contributed by atoms with Crippen molar-refractivity contribution in [1.29, 1.82) is 0 Å². The van der Waals surface area contributed by atoms with Gasteiger partial charge in [-0.1, -0.05) is 61.0 Å². The van der Waals surface area contributed by atoms with Gasteiger partial charge in [0.15, 0.2) is 0 Å². The van der Waals surface area contributed by atoms with Gasteiger partial charge in [-0.2, -0.15) is 0 Å². The molecule has 25 heavy (non-hydrogen) atoms. The molecule has 5 heteroatoms. The molecular weight excluding hydrogens is 336 g/mol. The maximum absolute atomic E-state index is 11.6. The molecule has 4 nitrogen and oxygen atoms in total. The predicted molar refractivity (Wildman–Crippen MR) is 100 cm³/mol. The Morgan fingerprint density at radius 1 is 1.24 bits per heavy atom. The van der Waals surface area contributed by atoms with E-state index in [0.29, 0.717) is 11.6 Å². The van der Waals surface area contributed by atoms with Crippen LogP contribution in [0.4, 0.5) is 4.79 Å². The number of carbonyl (C=O) groups is 1. The SMILES string of the molecule is CN(C(=O)O)[C@@H]1CN(Cc2ccccc2)C[C@@]1(C)c1ccc(Cl)cc1. The van der Waals surface area contributed by atoms with Crippen LogP contribution in [0.5, 0.6) is 0 Å². The number of hydrogen-bond acceptors (Lipinski definition) is 2. The largest absolute Gasteiger partial charge is 0.465 e. The lowest BCUT2D eigenvalue weighted by molar-refractivity contribution is 0.126. The first-order valence-corrected chi connectivity index (χ1v) is 8.76. The molecule has 1 heterocycles. The minimum Gasteiger partial charge on any atom is -0.465 e. The monoisotopic (exact) mass is 358 g/mol. The van der Waals surface area contributed by atoms with E-state index in [1.807, 2.05) is 42.5 Å². The molecular formula is C20H23ClN2O2. The minimum atomic E-state index is -0.897. The standard InChI is InChI=1S/C20H23ClN2O2/c1-20(16-8-10-17(21)11-9-16)14-23(12-15-6-4-3-5-7-15)13-18(20)22(2)19(24)25/h3-11,18H,12-14H2,1-2H3,(H,24,25)/t18-,20+/m1/s1. The van der Waals surface area contributed by atoms with Crippen molar-refractivity contribution in [1.82, 2.24) is 9.80 Å². The Labute approximate surface area is 153 Å². The molecule has 0 spiro atoms. The second-order valence-electron chi connectivity index (χ2n) is 6.99. The third kappa shape index (κ3) is 3.65. The van der Waals surface area contributed by atoms with E-state index < -0.39 is 6.09 Å². The van der Waals surface area contributed by atoms with E-state index in [4.69, 9.17) is 11.6 Å². The predicted octanol–water partition coefficient (Wildman–Crippen LogP) is 4.09. The molecule has 0 bridgehead atoms. The lowest BCUT2D eigenvalue weighted by Gasteiger charge is -2.36. The third-order valence-electron chi connectivity index (χ3n) is 5.24. The van der Waals surface area contributed by atoms with E-state index in [2.05, 4.69) is 24.0 Å². The molecule has 0 saturated carbocycles. The summed E-state index contributed by atoms with van der Waals surface area (Å²) in [6.45, 7) is 4.46. The lowest BCUT2D eigenvalue weighted by Crippen LogP contribution is -2.48. The Hall–Kier alpha value is -2.04. The van der Waals surface area contributed by atoms with Crippen LogP contribution < -0.4 is 0 Å². The Balaban J connectivity index is 1.90. The molecule has 2 aromatic rings. The molecule has 1 amide bonds. The Morgan fingerprint density at radius 3 is 2.48 bits per heavy atom. The van der Waals surface area contributed by atoms with Crippen LogP contribution in [0.25, 0.3) is 0 Å². The summed E-state index contributed by atoms with van der Waals surface area (Å²) in [7, 11) is 1.66. The Kier molecular flexibility index (Phi) is 5.02. The van der Waals surface area contributed by atoms with Crippen LogP contribution in [0.1, 0.15) is 18.1 Å². The van der Waals surface area contributed by atoms with Crippen molar-refractivity contribution in [2.24, 2.45) is 0 Å². The van der Waals surface area contributed by atoms with E-state index in [-0.39, 0.29) is 11.5 Å². The molecule has 1 aliphatic rings. The zero-order valence-electron chi connectivity index (χ0n) is 14.5. The summed E-state index contributed by atoms with van der Waals surface area (Å²) < 4.78 is 0. The second-order valence-corrected chi connectivity index (χ2v) is 7.43. The molecule has 1 aliphatic heterocycles. The van der Waals surface area contributed by atoms with Gasteiger partial charge in [-0.25, -0.2) is 4.79 Å². The van der Waals surface area contributed by atoms with Gasteiger partial charge in [0.1, 0.15) is 0 Å². The van der Waals surface area contributed by atoms with Crippen molar-refractivity contribution in [2.45, 2.75) is 24.9 Å². The summed E-state index contributed by atoms with van der Waals surface area (Å²) in [6.07, 6.45) is -0.897. The first-order valence-electron chi connectivity index (χ1n) is 8.38. The fourth-order valence-electron chi connectivity index (χ4n) is 3.84. The highest BCUT2D eigenvalue weighted by Gasteiger charge is 2.47. The number of halogens is 1. The van der Waals surface area contributed by atoms with Crippen LogP contribution in [0, 0.1) is 0 Å². The van der Waals surface area contributed by atoms with Gasteiger partial charge in [0, 0.05) is 37.1 Å². The highest BCUT2D eigenvalue weighted by atomic mass is 35.5. The maximum atomic E-state index is 11.6. The average Bonchev–Trinajstić information content (AvgIpc) is 2.93. The first kappa shape index (κ1) is 17.8. The maximum Gasteiger partial charge on any atom is 0.407 e. The van der Waals surface area contributed by atoms with Crippen LogP contribution in [-0.2, 0) is 12.0 Å². The number of hydrogen-bond donors (Lipinski definition) is 1. The van der Waals surface area contributed by atoms with Crippen LogP contribution >= 0.6 is 11.6 Å². The topological polar surface area (TPSA) is 43.8 Å². The second kappa shape index (κ2) is 7.06. The van der Waals surface area contributed by atoms with Gasteiger partial charge < -0.3 is 10.0 Å². The van der Waals surface area contributed by atoms with E-state index in [9.17, 15) is 9.90 Å². The summed E-state index contributed by atoms with van der Waals surface area (Å²) in [6, 6.07) is 17.9. The molecule has 2 atom stereocenters. The van der Waals surface area contributed by atoms with E-state index in [0.717, 1.165) is 18.7 Å². The van der Waals surface area contributed by atoms with E-state index in [1.54, 1.807) is 7.05 Å². The van der Waals surface area contributed by atoms with Gasteiger partial charge in [-0.15, -0.1) is 0 Å². The van der Waals surface area contributed by atoms with Crippen molar-refractivity contribution in [2.75, 3.05) is 20.1 Å². The molecule has 1 fully saturated rings. The molecule has 1 N–H and O–H groups in total. The molecule has 2 aromatic carbocycles. The van der Waals surface area contributed by atoms with Crippen molar-refractivity contribution >= 4 is 17.7 Å². The number of rotatable bonds is 4. The number of nitrogens with zero attached hydrogens (tertiary/aromatic N) is 2. The zero-order chi connectivity index (χ0) is 18.0. The number of amides is 1. The van der Waals surface area contributed by atoms with Gasteiger partial charge >= 0.3 is 6.09 Å². The summed E-state index contributed by atoms with van der Waals surface area (Å²) in [5, 5.41) is 10.2. The molecule has 1 saturated heterocycles. The van der Waals surface area contributed by atoms with Crippen LogP contribution in [0.15, 0.2) is 54.6 Å². The summed E-state index contributed by atoms with van der Waals surface area (Å²) in [5.74, 6) is 0. The van der Waals surface area contributed by atoms with Crippen molar-refractivity contribution in [3.8, 4) is 0 Å². The number of likely N-dealkylation sites (N-methyl/N-ethyl adjacent to an activating group) is 1. The molecule has 0 aromatic heterocycles. The van der Waals surface area contributed by atoms with Crippen molar-refractivity contribution in [3.63, 3.8) is 0 Å². The molecule has 0 aliphatic carbocycles. The highest BCUT2D eigenvalue weighted by Crippen LogP contribution is 2.38. The number of benzene rings is 2. The van der Waals surface area contributed by atoms with Gasteiger partial charge in [-0.3, -0.25) is 4.90 Å². The van der Waals surface area contributed by atoms with Crippen LogP contribution in [-0.4, -0.2) is 47.2 Å². The van der Waals surface area contributed by atoms with E-state index >= 15 is 0 Å². The Morgan fingerprint density at radius 2 is 1.88 bits per heavy atom. The van der Waals surface area contributed by atoms with Gasteiger partial charge in [0.25, 0.3) is 0 Å². The average molecular weight is 359 g/mol. The Bertz CT molecular complexity index is 735. The highest BCUT2D eigenvalue weighted by molar-refractivity contribution is 6.30. The van der Waals surface area contributed by atoms with Gasteiger partial charge in [-0.05, 0) is 23.3 Å². The summed E-state index contributed by atoms with van der Waals surface area (Å²) in [5.41, 5.74) is 2.07. The number of carboxylic acid groups (broad SMARTS) is 1. The normalized spacial score (nSPS) is 23.6. The molecule has 0 radical (unpaired) electrons. The molecule has 0 unspecified atom stereocenters. The van der Waals surface area contributed by atoms with Crippen molar-refractivity contribution < 1.29 is 9.90 Å². The fraction of sp³-hybridized carbons (Fsp3) is 0.350. The van der Waals surface area contributed by atoms with Gasteiger partial charge in [0.2, 0.25) is 0 Å². The third-order valence-corrected chi connectivity index (χ3v) is 5.49. The van der Waals surface area contributed by atoms with E-state index in [1.165, 1.54) is 10.5 Å². The lowest BCUT2D eigenvalue weighted by atomic mass is 9.77. The summed E-state index contributed by atoms with van der Waals surface area (Å²) in [4.78, 5) is 15.4. The van der Waals surface area contributed by atoms with Gasteiger partial charge in [0.05, 0.1) is 6.04 Å². The quantitative estimate of drug-likeness (QED) is 0.895. The molecule has 132 valence electrons. The number of likely N-dealkylation sites (tertiary alicyclic amines) is 1. The summed E-state index contributed by atoms with van der Waals surface area (Å²) >= 11 is 6.03. The van der Waals surface area contributed by atoms with Crippen molar-refractivity contribution in [3.05, 3.63) is 70.7 Å². The minimum absolute atomic E-state index is 0.116. The first-order chi connectivity index (χ1) is 11.9.